The molecule has 1 unspecified atom stereocenters. The highest BCUT2D eigenvalue weighted by atomic mass is 15.2. The van der Waals surface area contributed by atoms with Crippen LogP contribution >= 0.6 is 0 Å². The lowest BCUT2D eigenvalue weighted by atomic mass is 10.1. The van der Waals surface area contributed by atoms with E-state index in [0.29, 0.717) is 0 Å². The van der Waals surface area contributed by atoms with E-state index in [1.165, 1.54) is 6.42 Å². The molecule has 1 aliphatic rings. The second-order valence-corrected chi connectivity index (χ2v) is 7.49. The summed E-state index contributed by atoms with van der Waals surface area (Å²) in [5, 5.41) is 12.3. The summed E-state index contributed by atoms with van der Waals surface area (Å²) in [7, 11) is 2.16. The molecule has 1 aliphatic heterocycles. The van der Waals surface area contributed by atoms with Crippen LogP contribution in [0.1, 0.15) is 23.4 Å². The number of aryl methyl sites for hydroxylation is 2. The summed E-state index contributed by atoms with van der Waals surface area (Å²) in [5.74, 6) is 0.751. The second-order valence-electron chi connectivity index (χ2n) is 7.49. The van der Waals surface area contributed by atoms with Crippen molar-refractivity contribution in [3.05, 3.63) is 47.5 Å². The first-order chi connectivity index (χ1) is 12.6. The number of hydrogen-bond donors (Lipinski definition) is 1. The van der Waals surface area contributed by atoms with E-state index < -0.39 is 0 Å². The van der Waals surface area contributed by atoms with Gasteiger partial charge in [0, 0.05) is 31.0 Å². The molecule has 1 saturated heterocycles. The molecular formula is C20H26N6. The summed E-state index contributed by atoms with van der Waals surface area (Å²) in [6.07, 6.45) is 5.39. The molecule has 136 valence electrons. The zero-order valence-corrected chi connectivity index (χ0v) is 15.7. The van der Waals surface area contributed by atoms with Crippen molar-refractivity contribution in [2.45, 2.75) is 26.8 Å². The second kappa shape index (κ2) is 7.13. The Hall–Kier alpha value is -2.31. The molecule has 0 bridgehead atoms. The van der Waals surface area contributed by atoms with Gasteiger partial charge in [0.05, 0.1) is 17.1 Å². The van der Waals surface area contributed by atoms with E-state index in [1.807, 2.05) is 13.1 Å². The van der Waals surface area contributed by atoms with Crippen LogP contribution < -0.4 is 5.32 Å². The fourth-order valence-corrected chi connectivity index (χ4v) is 3.78. The highest BCUT2D eigenvalue weighted by molar-refractivity contribution is 5.63. The van der Waals surface area contributed by atoms with Crippen molar-refractivity contribution in [1.82, 2.24) is 29.8 Å². The fraction of sp³-hybridized carbons (Fsp3) is 0.450. The molecule has 0 aliphatic carbocycles. The van der Waals surface area contributed by atoms with E-state index in [4.69, 9.17) is 0 Å². The van der Waals surface area contributed by atoms with Gasteiger partial charge in [-0.15, -0.1) is 0 Å². The first-order valence-electron chi connectivity index (χ1n) is 9.26. The molecule has 4 rings (SSSR count). The minimum Gasteiger partial charge on any atom is -0.316 e. The standard InChI is InChI=1S/C20H26N6/c1-14-8-17(12-26-10-15(2)22-20(14)26)19-5-4-18(23-24-19)13-25(3)11-16-6-7-21-9-16/h4-5,8,10,12,16,21H,6-7,9,11,13H2,1-3H3. The molecule has 1 atom stereocenters. The van der Waals surface area contributed by atoms with Crippen LogP contribution in [0.5, 0.6) is 0 Å². The van der Waals surface area contributed by atoms with Crippen LogP contribution in [0.3, 0.4) is 0 Å². The van der Waals surface area contributed by atoms with Crippen molar-refractivity contribution in [2.24, 2.45) is 5.92 Å². The van der Waals surface area contributed by atoms with E-state index in [2.05, 4.69) is 68.2 Å². The van der Waals surface area contributed by atoms with Gasteiger partial charge in [0.1, 0.15) is 5.65 Å². The summed E-state index contributed by atoms with van der Waals surface area (Å²) in [5.41, 5.74) is 6.14. The predicted molar refractivity (Wildman–Crippen MR) is 103 cm³/mol. The third-order valence-corrected chi connectivity index (χ3v) is 5.04. The van der Waals surface area contributed by atoms with Gasteiger partial charge in [0.2, 0.25) is 0 Å². The maximum Gasteiger partial charge on any atom is 0.139 e. The number of nitrogens with one attached hydrogen (secondary N) is 1. The quantitative estimate of drug-likeness (QED) is 0.766. The first kappa shape index (κ1) is 17.1. The van der Waals surface area contributed by atoms with Crippen LogP contribution in [0.4, 0.5) is 0 Å². The van der Waals surface area contributed by atoms with Crippen LogP contribution in [0.2, 0.25) is 0 Å². The SMILES string of the molecule is Cc1cn2cc(-c3ccc(CN(C)CC4CCNC4)nn3)cc(C)c2n1. The first-order valence-corrected chi connectivity index (χ1v) is 9.26. The Morgan fingerprint density at radius 1 is 1.23 bits per heavy atom. The van der Waals surface area contributed by atoms with Gasteiger partial charge >= 0.3 is 0 Å². The average Bonchev–Trinajstić information content (AvgIpc) is 3.24. The molecule has 3 aromatic heterocycles. The van der Waals surface area contributed by atoms with E-state index in [-0.39, 0.29) is 0 Å². The monoisotopic (exact) mass is 350 g/mol. The van der Waals surface area contributed by atoms with Crippen LogP contribution in [0, 0.1) is 19.8 Å². The van der Waals surface area contributed by atoms with Crippen LogP contribution in [0.25, 0.3) is 16.9 Å². The average molecular weight is 350 g/mol. The third kappa shape index (κ3) is 3.61. The number of pyridine rings is 1. The molecule has 4 heterocycles. The molecule has 1 N–H and O–H groups in total. The molecule has 6 heteroatoms. The normalized spacial score (nSPS) is 17.5. The van der Waals surface area contributed by atoms with E-state index >= 15 is 0 Å². The van der Waals surface area contributed by atoms with Gasteiger partial charge in [-0.05, 0) is 70.1 Å². The van der Waals surface area contributed by atoms with Crippen LogP contribution in [-0.2, 0) is 6.54 Å². The van der Waals surface area contributed by atoms with Crippen molar-refractivity contribution in [3.8, 4) is 11.3 Å². The smallest absolute Gasteiger partial charge is 0.139 e. The molecule has 0 saturated carbocycles. The Morgan fingerprint density at radius 3 is 2.85 bits per heavy atom. The number of aromatic nitrogens is 4. The summed E-state index contributed by atoms with van der Waals surface area (Å²) in [4.78, 5) is 6.89. The number of rotatable bonds is 5. The Kier molecular flexibility index (Phi) is 4.70. The molecule has 26 heavy (non-hydrogen) atoms. The lowest BCUT2D eigenvalue weighted by Gasteiger charge is -2.19. The Balaban J connectivity index is 1.48. The van der Waals surface area contributed by atoms with Gasteiger partial charge in [0.25, 0.3) is 0 Å². The van der Waals surface area contributed by atoms with Crippen molar-refractivity contribution in [2.75, 3.05) is 26.7 Å². The van der Waals surface area contributed by atoms with Crippen molar-refractivity contribution >= 4 is 5.65 Å². The minimum absolute atomic E-state index is 0.751. The number of fused-ring (bicyclic) bond motifs is 1. The lowest BCUT2D eigenvalue weighted by molar-refractivity contribution is 0.275. The Bertz CT molecular complexity index is 893. The highest BCUT2D eigenvalue weighted by Crippen LogP contribution is 2.21. The summed E-state index contributed by atoms with van der Waals surface area (Å²) in [6.45, 7) is 8.31. The molecule has 0 spiro atoms. The fourth-order valence-electron chi connectivity index (χ4n) is 3.78. The largest absolute Gasteiger partial charge is 0.316 e. The maximum atomic E-state index is 4.55. The molecule has 0 radical (unpaired) electrons. The molecule has 6 nitrogen and oxygen atoms in total. The van der Waals surface area contributed by atoms with Gasteiger partial charge in [-0.1, -0.05) is 0 Å². The summed E-state index contributed by atoms with van der Waals surface area (Å²) in [6, 6.07) is 6.28. The van der Waals surface area contributed by atoms with E-state index in [1.54, 1.807) is 0 Å². The number of nitrogens with zero attached hydrogens (tertiary/aromatic N) is 5. The third-order valence-electron chi connectivity index (χ3n) is 5.04. The molecule has 0 amide bonds. The zero-order chi connectivity index (χ0) is 18.1. The van der Waals surface area contributed by atoms with Crippen LogP contribution in [0.15, 0.2) is 30.6 Å². The van der Waals surface area contributed by atoms with E-state index in [9.17, 15) is 0 Å². The minimum atomic E-state index is 0.751. The van der Waals surface area contributed by atoms with Gasteiger partial charge in [0.15, 0.2) is 0 Å². The lowest BCUT2D eigenvalue weighted by Crippen LogP contribution is -2.27. The van der Waals surface area contributed by atoms with Crippen LogP contribution in [-0.4, -0.2) is 51.2 Å². The molecular weight excluding hydrogens is 324 g/mol. The van der Waals surface area contributed by atoms with Gasteiger partial charge in [-0.25, -0.2) is 4.98 Å². The van der Waals surface area contributed by atoms with Crippen molar-refractivity contribution in [1.29, 1.82) is 0 Å². The predicted octanol–water partition coefficient (Wildman–Crippen LogP) is 2.45. The van der Waals surface area contributed by atoms with Gasteiger partial charge in [-0.2, -0.15) is 10.2 Å². The Labute approximate surface area is 154 Å². The molecule has 0 aromatic carbocycles. The zero-order valence-electron chi connectivity index (χ0n) is 15.7. The highest BCUT2D eigenvalue weighted by Gasteiger charge is 2.16. The topological polar surface area (TPSA) is 58.4 Å². The Morgan fingerprint density at radius 2 is 2.12 bits per heavy atom. The van der Waals surface area contributed by atoms with Gasteiger partial charge < -0.3 is 14.6 Å². The molecule has 1 fully saturated rings. The number of hydrogen-bond acceptors (Lipinski definition) is 5. The van der Waals surface area contributed by atoms with Crippen molar-refractivity contribution in [3.63, 3.8) is 0 Å². The van der Waals surface area contributed by atoms with Crippen molar-refractivity contribution < 1.29 is 0 Å². The van der Waals surface area contributed by atoms with E-state index in [0.717, 1.165) is 66.0 Å². The maximum absolute atomic E-state index is 4.55. The van der Waals surface area contributed by atoms with Gasteiger partial charge in [-0.3, -0.25) is 0 Å². The number of imidazole rings is 1. The summed E-state index contributed by atoms with van der Waals surface area (Å²) >= 11 is 0. The summed E-state index contributed by atoms with van der Waals surface area (Å²) < 4.78 is 2.07. The molecule has 3 aromatic rings.